The molecule has 1 atom stereocenters. The second-order valence-electron chi connectivity index (χ2n) is 3.98. The molecule has 1 aliphatic rings. The summed E-state index contributed by atoms with van der Waals surface area (Å²) >= 11 is 0. The third-order valence-corrected chi connectivity index (χ3v) is 3.04. The minimum atomic E-state index is -0.655. The van der Waals surface area contributed by atoms with Crippen molar-refractivity contribution >= 4 is 0 Å². The van der Waals surface area contributed by atoms with Gasteiger partial charge in [0.2, 0.25) is 0 Å². The molecule has 1 unspecified atom stereocenters. The van der Waals surface area contributed by atoms with Gasteiger partial charge in [-0.25, -0.2) is 4.39 Å². The third kappa shape index (κ3) is 1.53. The highest BCUT2D eigenvalue weighted by molar-refractivity contribution is 5.24. The molecule has 0 saturated carbocycles. The molecule has 3 heteroatoms. The highest BCUT2D eigenvalue weighted by Crippen LogP contribution is 2.30. The molecule has 0 amide bonds. The lowest BCUT2D eigenvalue weighted by molar-refractivity contribution is -0.0299. The second kappa shape index (κ2) is 3.33. The van der Waals surface area contributed by atoms with Crippen LogP contribution in [-0.2, 0) is 0 Å². The van der Waals surface area contributed by atoms with Crippen molar-refractivity contribution in [2.24, 2.45) is 0 Å². The van der Waals surface area contributed by atoms with Crippen molar-refractivity contribution in [2.45, 2.75) is 18.4 Å². The fourth-order valence-corrected chi connectivity index (χ4v) is 1.75. The van der Waals surface area contributed by atoms with E-state index in [-0.39, 0.29) is 11.7 Å². The van der Waals surface area contributed by atoms with Gasteiger partial charge in [0.25, 0.3) is 0 Å². The van der Waals surface area contributed by atoms with Crippen LogP contribution in [0.3, 0.4) is 0 Å². The first-order chi connectivity index (χ1) is 6.62. The normalized spacial score (nSPS) is 21.4. The molecule has 1 aliphatic heterocycles. The molecule has 0 bridgehead atoms. The molecule has 2 rings (SSSR count). The molecule has 0 spiro atoms. The van der Waals surface area contributed by atoms with E-state index in [2.05, 4.69) is 5.32 Å². The van der Waals surface area contributed by atoms with Gasteiger partial charge in [0.1, 0.15) is 5.82 Å². The van der Waals surface area contributed by atoms with Crippen LogP contribution in [-0.4, -0.2) is 23.8 Å². The van der Waals surface area contributed by atoms with Gasteiger partial charge >= 0.3 is 0 Å². The largest absolute Gasteiger partial charge is 0.387 e. The van der Waals surface area contributed by atoms with Gasteiger partial charge in [0, 0.05) is 19.0 Å². The van der Waals surface area contributed by atoms with Crippen molar-refractivity contribution < 1.29 is 9.50 Å². The lowest BCUT2D eigenvalue weighted by Gasteiger charge is -2.42. The maximum absolute atomic E-state index is 12.7. The van der Waals surface area contributed by atoms with Crippen LogP contribution in [0.5, 0.6) is 0 Å². The summed E-state index contributed by atoms with van der Waals surface area (Å²) in [5.41, 5.74) is 0.327. The molecule has 1 heterocycles. The van der Waals surface area contributed by atoms with Crippen molar-refractivity contribution in [2.75, 3.05) is 13.1 Å². The van der Waals surface area contributed by atoms with Crippen LogP contribution in [0.1, 0.15) is 18.4 Å². The van der Waals surface area contributed by atoms with E-state index in [0.717, 1.165) is 5.56 Å². The number of hydrogen-bond acceptors (Lipinski definition) is 2. The summed E-state index contributed by atoms with van der Waals surface area (Å²) in [5.74, 6) is -0.191. The van der Waals surface area contributed by atoms with Gasteiger partial charge < -0.3 is 10.4 Å². The van der Waals surface area contributed by atoms with Crippen LogP contribution in [0.15, 0.2) is 24.3 Å². The first-order valence-corrected chi connectivity index (χ1v) is 4.80. The van der Waals surface area contributed by atoms with Gasteiger partial charge in [-0.3, -0.25) is 0 Å². The monoisotopic (exact) mass is 195 g/mol. The summed E-state index contributed by atoms with van der Waals surface area (Å²) in [6.45, 7) is 3.20. The Hall–Kier alpha value is -0.930. The van der Waals surface area contributed by atoms with E-state index in [4.69, 9.17) is 0 Å². The number of rotatable bonds is 2. The minimum Gasteiger partial charge on any atom is -0.387 e. The molecule has 1 fully saturated rings. The Kier molecular flexibility index (Phi) is 2.29. The second-order valence-corrected chi connectivity index (χ2v) is 3.98. The van der Waals surface area contributed by atoms with Crippen LogP contribution in [0, 0.1) is 5.82 Å². The van der Waals surface area contributed by atoms with Crippen molar-refractivity contribution in [1.82, 2.24) is 5.32 Å². The van der Waals surface area contributed by atoms with E-state index in [0.29, 0.717) is 13.1 Å². The third-order valence-electron chi connectivity index (χ3n) is 3.04. The molecule has 76 valence electrons. The number of nitrogens with one attached hydrogen (secondary N) is 1. The summed E-state index contributed by atoms with van der Waals surface area (Å²) in [6.07, 6.45) is 0. The Morgan fingerprint density at radius 2 is 1.93 bits per heavy atom. The predicted molar refractivity (Wildman–Crippen MR) is 52.6 cm³/mol. The van der Waals surface area contributed by atoms with Gasteiger partial charge in [0.05, 0.1) is 5.60 Å². The average Bonchev–Trinajstić information content (AvgIpc) is 2.14. The zero-order chi connectivity index (χ0) is 10.2. The molecular formula is C11H14FNO. The smallest absolute Gasteiger partial charge is 0.123 e. The number of β-amino-alcohol motifs (C(OH)–C–C–N with tert-alkyl or cyclic N) is 1. The molecule has 0 aromatic heterocycles. The Morgan fingerprint density at radius 1 is 1.36 bits per heavy atom. The topological polar surface area (TPSA) is 32.3 Å². The number of benzene rings is 1. The zero-order valence-corrected chi connectivity index (χ0v) is 8.13. The van der Waals surface area contributed by atoms with E-state index in [1.54, 1.807) is 12.1 Å². The molecule has 1 saturated heterocycles. The first-order valence-electron chi connectivity index (χ1n) is 4.80. The summed E-state index contributed by atoms with van der Waals surface area (Å²) in [6, 6.07) is 6.33. The van der Waals surface area contributed by atoms with Crippen molar-refractivity contribution in [1.29, 1.82) is 0 Å². The van der Waals surface area contributed by atoms with Gasteiger partial charge in [-0.15, -0.1) is 0 Å². The van der Waals surface area contributed by atoms with Crippen molar-refractivity contribution in [3.63, 3.8) is 0 Å². The van der Waals surface area contributed by atoms with E-state index < -0.39 is 5.60 Å². The molecule has 2 N–H and O–H groups in total. The Bertz CT molecular complexity index is 319. The fraction of sp³-hybridized carbons (Fsp3) is 0.455. The van der Waals surface area contributed by atoms with E-state index in [9.17, 15) is 9.50 Å². The summed E-state index contributed by atoms with van der Waals surface area (Å²) in [5, 5.41) is 13.1. The van der Waals surface area contributed by atoms with E-state index in [1.165, 1.54) is 12.1 Å². The molecular weight excluding hydrogens is 181 g/mol. The Labute approximate surface area is 82.8 Å². The Balaban J connectivity index is 2.18. The molecule has 2 nitrogen and oxygen atoms in total. The maximum Gasteiger partial charge on any atom is 0.123 e. The molecule has 14 heavy (non-hydrogen) atoms. The maximum atomic E-state index is 12.7. The molecule has 0 aliphatic carbocycles. The zero-order valence-electron chi connectivity index (χ0n) is 8.13. The van der Waals surface area contributed by atoms with Crippen molar-refractivity contribution in [3.05, 3.63) is 35.6 Å². The van der Waals surface area contributed by atoms with Gasteiger partial charge in [0.15, 0.2) is 0 Å². The molecule has 1 aromatic rings. The van der Waals surface area contributed by atoms with Gasteiger partial charge in [-0.05, 0) is 17.7 Å². The quantitative estimate of drug-likeness (QED) is 0.744. The first kappa shape index (κ1) is 9.62. The minimum absolute atomic E-state index is 0.0457. The standard InChI is InChI=1S/C11H14FNO/c1-8(11(14)6-13-7-11)9-2-4-10(12)5-3-9/h2-5,8,13-14H,6-7H2,1H3. The number of aliphatic hydroxyl groups is 1. The van der Waals surface area contributed by atoms with E-state index in [1.807, 2.05) is 6.92 Å². The van der Waals surface area contributed by atoms with Crippen LogP contribution in [0.4, 0.5) is 4.39 Å². The molecule has 0 radical (unpaired) electrons. The number of hydrogen-bond donors (Lipinski definition) is 2. The fourth-order valence-electron chi connectivity index (χ4n) is 1.75. The SMILES string of the molecule is CC(c1ccc(F)cc1)C1(O)CNC1. The molecule has 1 aromatic carbocycles. The Morgan fingerprint density at radius 3 is 2.36 bits per heavy atom. The van der Waals surface area contributed by atoms with Crippen LogP contribution >= 0.6 is 0 Å². The van der Waals surface area contributed by atoms with Crippen molar-refractivity contribution in [3.8, 4) is 0 Å². The van der Waals surface area contributed by atoms with Gasteiger partial charge in [-0.2, -0.15) is 0 Å². The van der Waals surface area contributed by atoms with Crippen LogP contribution in [0.25, 0.3) is 0 Å². The van der Waals surface area contributed by atoms with Crippen LogP contribution in [0.2, 0.25) is 0 Å². The van der Waals surface area contributed by atoms with E-state index >= 15 is 0 Å². The summed E-state index contributed by atoms with van der Waals surface area (Å²) < 4.78 is 12.7. The predicted octanol–water partition coefficient (Wildman–Crippen LogP) is 1.26. The number of halogens is 1. The summed E-state index contributed by atoms with van der Waals surface area (Å²) in [7, 11) is 0. The highest BCUT2D eigenvalue weighted by Gasteiger charge is 2.40. The summed E-state index contributed by atoms with van der Waals surface area (Å²) in [4.78, 5) is 0. The lowest BCUT2D eigenvalue weighted by Crippen LogP contribution is -2.62. The van der Waals surface area contributed by atoms with Gasteiger partial charge in [-0.1, -0.05) is 19.1 Å². The lowest BCUT2D eigenvalue weighted by atomic mass is 9.79. The van der Waals surface area contributed by atoms with Crippen LogP contribution < -0.4 is 5.32 Å². The average molecular weight is 195 g/mol. The highest BCUT2D eigenvalue weighted by atomic mass is 19.1.